The third-order valence-electron chi connectivity index (χ3n) is 2.27. The summed E-state index contributed by atoms with van der Waals surface area (Å²) >= 11 is 6.01. The van der Waals surface area contributed by atoms with E-state index in [1.807, 2.05) is 6.92 Å². The van der Waals surface area contributed by atoms with E-state index >= 15 is 0 Å². The van der Waals surface area contributed by atoms with E-state index in [1.54, 1.807) is 0 Å². The van der Waals surface area contributed by atoms with E-state index in [-0.39, 0.29) is 17.3 Å². The molecule has 0 aromatic rings. The second kappa shape index (κ2) is 4.70. The molecule has 1 rings (SSSR count). The van der Waals surface area contributed by atoms with Crippen molar-refractivity contribution in [2.45, 2.75) is 38.0 Å². The van der Waals surface area contributed by atoms with Gasteiger partial charge in [0.2, 0.25) is 0 Å². The number of hydrogen-bond donors (Lipinski definition) is 0. The third-order valence-corrected chi connectivity index (χ3v) is 2.79. The molecule has 12 heavy (non-hydrogen) atoms. The van der Waals surface area contributed by atoms with Crippen LogP contribution in [0.3, 0.4) is 0 Å². The fourth-order valence-corrected chi connectivity index (χ4v) is 1.98. The maximum atomic E-state index is 11.3. The van der Waals surface area contributed by atoms with Crippen LogP contribution in [0.2, 0.25) is 0 Å². The van der Waals surface area contributed by atoms with Crippen LogP contribution in [0.25, 0.3) is 0 Å². The molecular formula is C9H15ClO2. The molecule has 0 aromatic heterocycles. The summed E-state index contributed by atoms with van der Waals surface area (Å²) in [5, 5.41) is -0.00204. The molecule has 3 heteroatoms. The Morgan fingerprint density at radius 2 is 2.17 bits per heavy atom. The Kier molecular flexibility index (Phi) is 3.86. The Bertz CT molecular complexity index is 159. The van der Waals surface area contributed by atoms with Gasteiger partial charge in [-0.1, -0.05) is 12.8 Å². The first-order valence-electron chi connectivity index (χ1n) is 4.56. The van der Waals surface area contributed by atoms with Crippen molar-refractivity contribution in [3.05, 3.63) is 0 Å². The van der Waals surface area contributed by atoms with E-state index in [2.05, 4.69) is 0 Å². The maximum absolute atomic E-state index is 11.3. The van der Waals surface area contributed by atoms with Gasteiger partial charge in [-0.3, -0.25) is 4.79 Å². The van der Waals surface area contributed by atoms with Gasteiger partial charge in [0.1, 0.15) is 0 Å². The lowest BCUT2D eigenvalue weighted by Gasteiger charge is -2.24. The van der Waals surface area contributed by atoms with E-state index in [0.717, 1.165) is 25.7 Å². The summed E-state index contributed by atoms with van der Waals surface area (Å²) in [6.07, 6.45) is 4.09. The summed E-state index contributed by atoms with van der Waals surface area (Å²) in [5.74, 6) is -0.169. The molecule has 2 atom stereocenters. The van der Waals surface area contributed by atoms with Crippen LogP contribution in [-0.2, 0) is 9.53 Å². The van der Waals surface area contributed by atoms with Gasteiger partial charge in [0, 0.05) is 5.38 Å². The molecule has 1 aliphatic rings. The third kappa shape index (κ3) is 2.37. The lowest BCUT2D eigenvalue weighted by Crippen LogP contribution is -2.29. The Morgan fingerprint density at radius 3 is 2.75 bits per heavy atom. The van der Waals surface area contributed by atoms with Crippen molar-refractivity contribution in [3.63, 3.8) is 0 Å². The molecule has 2 unspecified atom stereocenters. The minimum atomic E-state index is -0.114. The first-order chi connectivity index (χ1) is 5.75. The van der Waals surface area contributed by atoms with Crippen LogP contribution in [-0.4, -0.2) is 18.0 Å². The highest BCUT2D eigenvalue weighted by molar-refractivity contribution is 6.22. The van der Waals surface area contributed by atoms with Crippen LogP contribution >= 0.6 is 11.6 Å². The van der Waals surface area contributed by atoms with Gasteiger partial charge in [-0.2, -0.15) is 0 Å². The van der Waals surface area contributed by atoms with E-state index < -0.39 is 0 Å². The number of halogens is 1. The van der Waals surface area contributed by atoms with Crippen LogP contribution in [0, 0.1) is 5.92 Å². The van der Waals surface area contributed by atoms with Crippen molar-refractivity contribution in [2.75, 3.05) is 6.61 Å². The lowest BCUT2D eigenvalue weighted by atomic mass is 9.89. The zero-order valence-corrected chi connectivity index (χ0v) is 8.14. The second-order valence-corrected chi connectivity index (χ2v) is 3.72. The molecule has 0 radical (unpaired) electrons. The number of hydrogen-bond acceptors (Lipinski definition) is 2. The Hall–Kier alpha value is -0.240. The van der Waals surface area contributed by atoms with Crippen molar-refractivity contribution in [3.8, 4) is 0 Å². The maximum Gasteiger partial charge on any atom is 0.310 e. The van der Waals surface area contributed by atoms with Crippen LogP contribution < -0.4 is 0 Å². The lowest BCUT2D eigenvalue weighted by molar-refractivity contribution is -0.148. The van der Waals surface area contributed by atoms with E-state index in [1.165, 1.54) is 0 Å². The van der Waals surface area contributed by atoms with Crippen molar-refractivity contribution in [2.24, 2.45) is 5.92 Å². The molecule has 0 spiro atoms. The minimum Gasteiger partial charge on any atom is -0.466 e. The predicted molar refractivity (Wildman–Crippen MR) is 48.2 cm³/mol. The normalized spacial score (nSPS) is 29.8. The van der Waals surface area contributed by atoms with Crippen molar-refractivity contribution in [1.82, 2.24) is 0 Å². The molecule has 0 heterocycles. The summed E-state index contributed by atoms with van der Waals surface area (Å²) in [5.41, 5.74) is 0. The fraction of sp³-hybridized carbons (Fsp3) is 0.889. The van der Waals surface area contributed by atoms with Gasteiger partial charge in [0.05, 0.1) is 12.5 Å². The van der Waals surface area contributed by atoms with Gasteiger partial charge < -0.3 is 4.74 Å². The second-order valence-electron chi connectivity index (χ2n) is 3.16. The van der Waals surface area contributed by atoms with E-state index in [0.29, 0.717) is 6.61 Å². The van der Waals surface area contributed by atoms with Gasteiger partial charge in [0.15, 0.2) is 0 Å². The van der Waals surface area contributed by atoms with Crippen LogP contribution in [0.5, 0.6) is 0 Å². The topological polar surface area (TPSA) is 26.3 Å². The highest BCUT2D eigenvalue weighted by atomic mass is 35.5. The molecular weight excluding hydrogens is 176 g/mol. The average molecular weight is 191 g/mol. The van der Waals surface area contributed by atoms with Gasteiger partial charge in [-0.25, -0.2) is 0 Å². The molecule has 1 fully saturated rings. The molecule has 0 aliphatic heterocycles. The van der Waals surface area contributed by atoms with E-state index in [9.17, 15) is 4.79 Å². The number of esters is 1. The van der Waals surface area contributed by atoms with Gasteiger partial charge >= 0.3 is 5.97 Å². The summed E-state index contributed by atoms with van der Waals surface area (Å²) in [6, 6.07) is 0. The number of carbonyl (C=O) groups is 1. The Balaban J connectivity index is 2.42. The summed E-state index contributed by atoms with van der Waals surface area (Å²) in [4.78, 5) is 11.3. The summed E-state index contributed by atoms with van der Waals surface area (Å²) in [7, 11) is 0. The molecule has 0 bridgehead atoms. The first-order valence-corrected chi connectivity index (χ1v) is 5.00. The average Bonchev–Trinajstić information content (AvgIpc) is 2.05. The fourth-order valence-electron chi connectivity index (χ4n) is 1.60. The molecule has 2 nitrogen and oxygen atoms in total. The highest BCUT2D eigenvalue weighted by Crippen LogP contribution is 2.29. The summed E-state index contributed by atoms with van der Waals surface area (Å²) < 4.78 is 4.93. The zero-order valence-electron chi connectivity index (χ0n) is 7.38. The Morgan fingerprint density at radius 1 is 1.50 bits per heavy atom. The predicted octanol–water partition coefficient (Wildman–Crippen LogP) is 2.35. The van der Waals surface area contributed by atoms with Crippen LogP contribution in [0.15, 0.2) is 0 Å². The molecule has 1 aliphatic carbocycles. The zero-order chi connectivity index (χ0) is 8.97. The largest absolute Gasteiger partial charge is 0.466 e. The van der Waals surface area contributed by atoms with Crippen molar-refractivity contribution in [1.29, 1.82) is 0 Å². The molecule has 0 saturated heterocycles. The number of alkyl halides is 1. The first kappa shape index (κ1) is 9.85. The van der Waals surface area contributed by atoms with Crippen molar-refractivity contribution >= 4 is 17.6 Å². The van der Waals surface area contributed by atoms with Gasteiger partial charge in [-0.15, -0.1) is 11.6 Å². The van der Waals surface area contributed by atoms with Crippen LogP contribution in [0.4, 0.5) is 0 Å². The monoisotopic (exact) mass is 190 g/mol. The summed E-state index contributed by atoms with van der Waals surface area (Å²) in [6.45, 7) is 2.28. The number of rotatable bonds is 2. The highest BCUT2D eigenvalue weighted by Gasteiger charge is 2.30. The van der Waals surface area contributed by atoms with E-state index in [4.69, 9.17) is 16.3 Å². The Labute approximate surface area is 78.2 Å². The molecule has 0 amide bonds. The smallest absolute Gasteiger partial charge is 0.310 e. The van der Waals surface area contributed by atoms with Crippen LogP contribution in [0.1, 0.15) is 32.6 Å². The number of ether oxygens (including phenoxy) is 1. The van der Waals surface area contributed by atoms with Gasteiger partial charge in [0.25, 0.3) is 0 Å². The standard InChI is InChI=1S/C9H15ClO2/c1-2-12-9(11)7-5-3-4-6-8(7)10/h7-8H,2-6H2,1H3. The molecule has 1 saturated carbocycles. The SMILES string of the molecule is CCOC(=O)C1CCCCC1Cl. The van der Waals surface area contributed by atoms with Crippen molar-refractivity contribution < 1.29 is 9.53 Å². The minimum absolute atomic E-state index is 0.00204. The number of carbonyl (C=O) groups excluding carboxylic acids is 1. The molecule has 70 valence electrons. The molecule has 0 N–H and O–H groups in total. The molecule has 0 aromatic carbocycles. The van der Waals surface area contributed by atoms with Gasteiger partial charge in [-0.05, 0) is 19.8 Å². The quantitative estimate of drug-likeness (QED) is 0.494.